The van der Waals surface area contributed by atoms with Gasteiger partial charge in [-0.1, -0.05) is 0 Å². The van der Waals surface area contributed by atoms with E-state index in [-0.39, 0.29) is 11.5 Å². The van der Waals surface area contributed by atoms with Gasteiger partial charge in [0.2, 0.25) is 0 Å². The van der Waals surface area contributed by atoms with Crippen LogP contribution in [0, 0.1) is 0 Å². The van der Waals surface area contributed by atoms with Gasteiger partial charge in [0.05, 0.1) is 18.8 Å². The first-order chi connectivity index (χ1) is 6.27. The minimum Gasteiger partial charge on any atom is -0.508 e. The van der Waals surface area contributed by atoms with Crippen LogP contribution in [0.4, 0.5) is 0 Å². The van der Waals surface area contributed by atoms with Crippen molar-refractivity contribution in [1.82, 2.24) is 0 Å². The fraction of sp³-hybridized carbons (Fsp3) is 0.333. The topological polar surface area (TPSA) is 58.9 Å². The summed E-state index contributed by atoms with van der Waals surface area (Å²) >= 11 is 0. The highest BCUT2D eigenvalue weighted by Gasteiger charge is 2.21. The number of ether oxygens (including phenoxy) is 2. The summed E-state index contributed by atoms with van der Waals surface area (Å²) in [4.78, 5) is 0. The fourth-order valence-corrected chi connectivity index (χ4v) is 1.27. The molecule has 0 amide bonds. The van der Waals surface area contributed by atoms with Crippen molar-refractivity contribution in [3.05, 3.63) is 23.8 Å². The van der Waals surface area contributed by atoms with Gasteiger partial charge in [0.15, 0.2) is 6.29 Å². The highest BCUT2D eigenvalue weighted by atomic mass is 16.7. The van der Waals surface area contributed by atoms with Crippen LogP contribution in [0.1, 0.15) is 11.9 Å². The first-order valence-electron chi connectivity index (χ1n) is 4.02. The van der Waals surface area contributed by atoms with E-state index in [1.807, 2.05) is 0 Å². The third kappa shape index (κ3) is 1.59. The molecule has 2 rings (SSSR count). The molecule has 0 aliphatic carbocycles. The molecule has 0 aromatic heterocycles. The predicted octanol–water partition coefficient (Wildman–Crippen LogP) is 1.14. The van der Waals surface area contributed by atoms with Crippen LogP contribution in [-0.4, -0.2) is 23.4 Å². The lowest BCUT2D eigenvalue weighted by Gasteiger charge is -2.10. The summed E-state index contributed by atoms with van der Waals surface area (Å²) in [6.45, 7) is 1.03. The van der Waals surface area contributed by atoms with E-state index >= 15 is 0 Å². The molecule has 0 unspecified atom stereocenters. The molecule has 1 heterocycles. The second kappa shape index (κ2) is 3.24. The summed E-state index contributed by atoms with van der Waals surface area (Å²) in [6, 6.07) is 4.26. The Morgan fingerprint density at radius 1 is 1.15 bits per heavy atom. The molecule has 0 spiro atoms. The second-order valence-electron chi connectivity index (χ2n) is 2.82. The summed E-state index contributed by atoms with van der Waals surface area (Å²) < 4.78 is 10.4. The fourth-order valence-electron chi connectivity index (χ4n) is 1.27. The molecule has 1 aliphatic rings. The van der Waals surface area contributed by atoms with E-state index in [2.05, 4.69) is 0 Å². The summed E-state index contributed by atoms with van der Waals surface area (Å²) in [6.07, 6.45) is -0.549. The monoisotopic (exact) mass is 182 g/mol. The standard InChI is InChI=1S/C9H10O4/c10-6-1-2-8(11)7(5-6)9-12-3-4-13-9/h1-2,5,9-11H,3-4H2. The summed E-state index contributed by atoms with van der Waals surface area (Å²) in [5.74, 6) is 0.164. The quantitative estimate of drug-likeness (QED) is 0.639. The molecule has 4 heteroatoms. The van der Waals surface area contributed by atoms with Gasteiger partial charge in [-0.15, -0.1) is 0 Å². The summed E-state index contributed by atoms with van der Waals surface area (Å²) in [5.41, 5.74) is 0.470. The van der Waals surface area contributed by atoms with Gasteiger partial charge in [-0.2, -0.15) is 0 Å². The Hall–Kier alpha value is -1.26. The van der Waals surface area contributed by atoms with Gasteiger partial charge in [0.25, 0.3) is 0 Å². The predicted molar refractivity (Wildman–Crippen MR) is 44.4 cm³/mol. The molecule has 70 valence electrons. The van der Waals surface area contributed by atoms with E-state index in [1.165, 1.54) is 18.2 Å². The third-order valence-corrected chi connectivity index (χ3v) is 1.89. The maximum Gasteiger partial charge on any atom is 0.187 e. The molecule has 1 aromatic carbocycles. The van der Waals surface area contributed by atoms with Crippen molar-refractivity contribution in [2.24, 2.45) is 0 Å². The van der Waals surface area contributed by atoms with Crippen molar-refractivity contribution in [1.29, 1.82) is 0 Å². The number of phenols is 2. The molecule has 0 atom stereocenters. The number of benzene rings is 1. The Labute approximate surface area is 75.3 Å². The van der Waals surface area contributed by atoms with E-state index in [0.29, 0.717) is 18.8 Å². The summed E-state index contributed by atoms with van der Waals surface area (Å²) in [5, 5.41) is 18.6. The van der Waals surface area contributed by atoms with Crippen LogP contribution in [0.5, 0.6) is 11.5 Å². The highest BCUT2D eigenvalue weighted by molar-refractivity contribution is 5.39. The van der Waals surface area contributed by atoms with Crippen LogP contribution in [0.2, 0.25) is 0 Å². The third-order valence-electron chi connectivity index (χ3n) is 1.89. The highest BCUT2D eigenvalue weighted by Crippen LogP contribution is 2.32. The molecular weight excluding hydrogens is 172 g/mol. The van der Waals surface area contributed by atoms with Gasteiger partial charge >= 0.3 is 0 Å². The van der Waals surface area contributed by atoms with Crippen molar-refractivity contribution in [3.8, 4) is 11.5 Å². The lowest BCUT2D eigenvalue weighted by atomic mass is 10.2. The first kappa shape index (κ1) is 8.34. The van der Waals surface area contributed by atoms with Gasteiger partial charge in [-0.05, 0) is 18.2 Å². The zero-order chi connectivity index (χ0) is 9.26. The van der Waals surface area contributed by atoms with Crippen LogP contribution in [-0.2, 0) is 9.47 Å². The van der Waals surface area contributed by atoms with Crippen molar-refractivity contribution >= 4 is 0 Å². The average Bonchev–Trinajstić information content (AvgIpc) is 2.61. The van der Waals surface area contributed by atoms with E-state index in [4.69, 9.17) is 9.47 Å². The van der Waals surface area contributed by atoms with Gasteiger partial charge in [0, 0.05) is 0 Å². The smallest absolute Gasteiger partial charge is 0.187 e. The molecule has 0 bridgehead atoms. The number of rotatable bonds is 1. The Balaban J connectivity index is 2.32. The Morgan fingerprint density at radius 2 is 1.85 bits per heavy atom. The van der Waals surface area contributed by atoms with Gasteiger partial charge in [0.1, 0.15) is 11.5 Å². The van der Waals surface area contributed by atoms with E-state index in [0.717, 1.165) is 0 Å². The van der Waals surface area contributed by atoms with Crippen LogP contribution in [0.25, 0.3) is 0 Å². The molecule has 1 aliphatic heterocycles. The van der Waals surface area contributed by atoms with Gasteiger partial charge in [-0.25, -0.2) is 0 Å². The van der Waals surface area contributed by atoms with Crippen LogP contribution in [0.15, 0.2) is 18.2 Å². The van der Waals surface area contributed by atoms with E-state index in [1.54, 1.807) is 0 Å². The van der Waals surface area contributed by atoms with Crippen LogP contribution in [0.3, 0.4) is 0 Å². The average molecular weight is 182 g/mol. The van der Waals surface area contributed by atoms with E-state index < -0.39 is 6.29 Å². The van der Waals surface area contributed by atoms with Crippen LogP contribution >= 0.6 is 0 Å². The molecule has 1 fully saturated rings. The maximum absolute atomic E-state index is 9.42. The number of hydrogen-bond donors (Lipinski definition) is 2. The van der Waals surface area contributed by atoms with Crippen molar-refractivity contribution in [3.63, 3.8) is 0 Å². The van der Waals surface area contributed by atoms with E-state index in [9.17, 15) is 10.2 Å². The normalized spacial score (nSPS) is 17.8. The molecule has 0 saturated carbocycles. The van der Waals surface area contributed by atoms with Crippen molar-refractivity contribution in [2.45, 2.75) is 6.29 Å². The molecule has 1 saturated heterocycles. The molecule has 4 nitrogen and oxygen atoms in total. The SMILES string of the molecule is Oc1ccc(O)c(C2OCCO2)c1. The lowest BCUT2D eigenvalue weighted by molar-refractivity contribution is -0.0455. The Bertz CT molecular complexity index is 304. The molecule has 2 N–H and O–H groups in total. The second-order valence-corrected chi connectivity index (χ2v) is 2.82. The first-order valence-corrected chi connectivity index (χ1v) is 4.02. The maximum atomic E-state index is 9.42. The molecule has 13 heavy (non-hydrogen) atoms. The minimum atomic E-state index is -0.549. The van der Waals surface area contributed by atoms with Gasteiger partial charge < -0.3 is 19.7 Å². The molecule has 1 aromatic rings. The number of hydrogen-bond acceptors (Lipinski definition) is 4. The molecule has 0 radical (unpaired) electrons. The van der Waals surface area contributed by atoms with Crippen LogP contribution < -0.4 is 0 Å². The minimum absolute atomic E-state index is 0.0738. The van der Waals surface area contributed by atoms with Crippen molar-refractivity contribution in [2.75, 3.05) is 13.2 Å². The number of phenolic OH excluding ortho intramolecular Hbond substituents is 2. The number of aromatic hydroxyl groups is 2. The van der Waals surface area contributed by atoms with Gasteiger partial charge in [-0.3, -0.25) is 0 Å². The lowest BCUT2D eigenvalue weighted by Crippen LogP contribution is -1.97. The zero-order valence-corrected chi connectivity index (χ0v) is 6.93. The zero-order valence-electron chi connectivity index (χ0n) is 6.93. The molecular formula is C9H10O4. The summed E-state index contributed by atoms with van der Waals surface area (Å²) in [7, 11) is 0. The van der Waals surface area contributed by atoms with Crippen molar-refractivity contribution < 1.29 is 19.7 Å². The Morgan fingerprint density at radius 3 is 2.54 bits per heavy atom. The Kier molecular flexibility index (Phi) is 2.08. The largest absolute Gasteiger partial charge is 0.508 e.